The second-order valence-corrected chi connectivity index (χ2v) is 8.33. The minimum atomic E-state index is -0.206. The van der Waals surface area contributed by atoms with E-state index in [4.69, 9.17) is 4.74 Å². The van der Waals surface area contributed by atoms with Crippen LogP contribution in [0.3, 0.4) is 0 Å². The smallest absolute Gasteiger partial charge is 0.255 e. The zero-order valence-electron chi connectivity index (χ0n) is 17.3. The molecule has 0 spiro atoms. The number of methoxy groups -OCH3 is 1. The van der Waals surface area contributed by atoms with Crippen molar-refractivity contribution in [3.05, 3.63) is 83.9 Å². The van der Waals surface area contributed by atoms with Gasteiger partial charge in [0, 0.05) is 28.4 Å². The van der Waals surface area contributed by atoms with E-state index in [2.05, 4.69) is 11.4 Å². The van der Waals surface area contributed by atoms with Gasteiger partial charge in [-0.1, -0.05) is 30.3 Å². The van der Waals surface area contributed by atoms with Crippen LogP contribution >= 0.6 is 11.8 Å². The largest absolute Gasteiger partial charge is 0.497 e. The molecule has 1 aliphatic heterocycles. The number of hydrogen-bond acceptors (Lipinski definition) is 4. The van der Waals surface area contributed by atoms with Crippen LogP contribution in [-0.4, -0.2) is 31.2 Å². The summed E-state index contributed by atoms with van der Waals surface area (Å²) in [6.07, 6.45) is 2.00. The number of anilines is 2. The highest BCUT2D eigenvalue weighted by Crippen LogP contribution is 2.29. The summed E-state index contributed by atoms with van der Waals surface area (Å²) in [6.45, 7) is 0.757. The molecule has 0 saturated heterocycles. The first-order chi connectivity index (χ1) is 15.1. The summed E-state index contributed by atoms with van der Waals surface area (Å²) in [5.74, 6) is 0.876. The van der Waals surface area contributed by atoms with E-state index in [1.54, 1.807) is 31.4 Å². The van der Waals surface area contributed by atoms with Gasteiger partial charge in [-0.15, -0.1) is 11.8 Å². The molecule has 0 fully saturated rings. The molecule has 1 heterocycles. The maximum atomic E-state index is 12.9. The first kappa shape index (κ1) is 21.0. The molecular weight excluding hydrogens is 408 g/mol. The summed E-state index contributed by atoms with van der Waals surface area (Å²) < 4.78 is 5.18. The summed E-state index contributed by atoms with van der Waals surface area (Å²) in [7, 11) is 1.57. The van der Waals surface area contributed by atoms with Crippen LogP contribution in [0.25, 0.3) is 0 Å². The molecule has 158 valence electrons. The number of ether oxygens (including phenoxy) is 1. The van der Waals surface area contributed by atoms with Gasteiger partial charge < -0.3 is 15.0 Å². The maximum absolute atomic E-state index is 12.9. The number of aryl methyl sites for hydroxylation is 1. The van der Waals surface area contributed by atoms with Crippen LogP contribution in [0.4, 0.5) is 11.4 Å². The van der Waals surface area contributed by atoms with Crippen molar-refractivity contribution in [2.75, 3.05) is 29.6 Å². The fraction of sp³-hybridized carbons (Fsp3) is 0.200. The Morgan fingerprint density at radius 1 is 1.03 bits per heavy atom. The van der Waals surface area contributed by atoms with Crippen molar-refractivity contribution in [2.45, 2.75) is 17.7 Å². The second kappa shape index (κ2) is 9.71. The van der Waals surface area contributed by atoms with Crippen LogP contribution in [-0.2, 0) is 11.2 Å². The SMILES string of the molecule is COc1cccc(C(=O)Nc2cccc(SCC(=O)N3CCCc4ccccc43)c2)c1. The summed E-state index contributed by atoms with van der Waals surface area (Å²) in [5.41, 5.74) is 3.47. The third kappa shape index (κ3) is 5.09. The Morgan fingerprint density at radius 2 is 1.87 bits per heavy atom. The van der Waals surface area contributed by atoms with Gasteiger partial charge in [0.15, 0.2) is 0 Å². The maximum Gasteiger partial charge on any atom is 0.255 e. The van der Waals surface area contributed by atoms with Crippen LogP contribution in [0.5, 0.6) is 5.75 Å². The number of para-hydroxylation sites is 1. The van der Waals surface area contributed by atoms with Crippen LogP contribution in [0, 0.1) is 0 Å². The molecule has 31 heavy (non-hydrogen) atoms. The molecule has 0 unspecified atom stereocenters. The lowest BCUT2D eigenvalue weighted by Crippen LogP contribution is -2.36. The van der Waals surface area contributed by atoms with Gasteiger partial charge in [-0.3, -0.25) is 9.59 Å². The van der Waals surface area contributed by atoms with E-state index in [1.165, 1.54) is 17.3 Å². The molecule has 0 bridgehead atoms. The lowest BCUT2D eigenvalue weighted by molar-refractivity contribution is -0.116. The predicted molar refractivity (Wildman–Crippen MR) is 125 cm³/mol. The molecule has 1 aliphatic rings. The number of hydrogen-bond donors (Lipinski definition) is 1. The molecule has 5 nitrogen and oxygen atoms in total. The van der Waals surface area contributed by atoms with Crippen molar-refractivity contribution in [1.29, 1.82) is 0 Å². The topological polar surface area (TPSA) is 58.6 Å². The first-order valence-corrected chi connectivity index (χ1v) is 11.2. The first-order valence-electron chi connectivity index (χ1n) is 10.2. The molecule has 0 radical (unpaired) electrons. The third-order valence-corrected chi connectivity index (χ3v) is 6.18. The molecular formula is C25H24N2O3S. The number of carbonyl (C=O) groups excluding carboxylic acids is 2. The highest BCUT2D eigenvalue weighted by Gasteiger charge is 2.22. The van der Waals surface area contributed by atoms with Crippen molar-refractivity contribution in [3.63, 3.8) is 0 Å². The van der Waals surface area contributed by atoms with E-state index in [9.17, 15) is 9.59 Å². The average Bonchev–Trinajstić information content (AvgIpc) is 2.82. The number of fused-ring (bicyclic) bond motifs is 1. The Bertz CT molecular complexity index is 1100. The Hall–Kier alpha value is -3.25. The van der Waals surface area contributed by atoms with Gasteiger partial charge in [0.1, 0.15) is 5.75 Å². The van der Waals surface area contributed by atoms with E-state index >= 15 is 0 Å². The number of nitrogens with zero attached hydrogens (tertiary/aromatic N) is 1. The molecule has 0 saturated carbocycles. The molecule has 0 atom stereocenters. The number of rotatable bonds is 6. The van der Waals surface area contributed by atoms with E-state index in [0.717, 1.165) is 30.0 Å². The standard InChI is InChI=1S/C25H24N2O3S/c1-30-21-11-4-8-19(15-21)25(29)26-20-10-5-12-22(16-20)31-17-24(28)27-14-6-9-18-7-2-3-13-23(18)27/h2-5,7-8,10-13,15-16H,6,9,14,17H2,1H3,(H,26,29). The van der Waals surface area contributed by atoms with Crippen molar-refractivity contribution in [2.24, 2.45) is 0 Å². The predicted octanol–water partition coefficient (Wildman–Crippen LogP) is 5.02. The Kier molecular flexibility index (Phi) is 6.57. The van der Waals surface area contributed by atoms with Crippen molar-refractivity contribution in [3.8, 4) is 5.75 Å². The van der Waals surface area contributed by atoms with Gasteiger partial charge in [-0.05, 0) is 60.9 Å². The molecule has 3 aromatic rings. The summed E-state index contributed by atoms with van der Waals surface area (Å²) in [4.78, 5) is 28.2. The molecule has 0 aliphatic carbocycles. The fourth-order valence-electron chi connectivity index (χ4n) is 3.65. The molecule has 3 aromatic carbocycles. The number of amides is 2. The summed E-state index contributed by atoms with van der Waals surface area (Å²) in [6, 6.07) is 22.7. The van der Waals surface area contributed by atoms with Crippen molar-refractivity contribution >= 4 is 35.0 Å². The number of carbonyl (C=O) groups is 2. The van der Waals surface area contributed by atoms with Crippen LogP contribution in [0.15, 0.2) is 77.7 Å². The molecule has 4 rings (SSSR count). The van der Waals surface area contributed by atoms with Gasteiger partial charge in [-0.2, -0.15) is 0 Å². The second-order valence-electron chi connectivity index (χ2n) is 7.28. The normalized spacial score (nSPS) is 12.7. The minimum Gasteiger partial charge on any atom is -0.497 e. The van der Waals surface area contributed by atoms with E-state index in [-0.39, 0.29) is 11.8 Å². The van der Waals surface area contributed by atoms with Crippen molar-refractivity contribution < 1.29 is 14.3 Å². The van der Waals surface area contributed by atoms with Gasteiger partial charge in [0.2, 0.25) is 5.91 Å². The fourth-order valence-corrected chi connectivity index (χ4v) is 4.48. The van der Waals surface area contributed by atoms with Gasteiger partial charge in [0.25, 0.3) is 5.91 Å². The molecule has 0 aromatic heterocycles. The Labute approximate surface area is 186 Å². The average molecular weight is 433 g/mol. The molecule has 1 N–H and O–H groups in total. The number of thioether (sulfide) groups is 1. The quantitative estimate of drug-likeness (QED) is 0.556. The molecule has 6 heteroatoms. The Balaban J connectivity index is 1.39. The third-order valence-electron chi connectivity index (χ3n) is 5.20. The lowest BCUT2D eigenvalue weighted by Gasteiger charge is -2.29. The van der Waals surface area contributed by atoms with Gasteiger partial charge in [0.05, 0.1) is 12.9 Å². The minimum absolute atomic E-state index is 0.1000. The van der Waals surface area contributed by atoms with Gasteiger partial charge in [-0.25, -0.2) is 0 Å². The highest BCUT2D eigenvalue weighted by molar-refractivity contribution is 8.00. The molecule has 2 amide bonds. The van der Waals surface area contributed by atoms with Crippen LogP contribution in [0.1, 0.15) is 22.3 Å². The van der Waals surface area contributed by atoms with E-state index in [1.807, 2.05) is 47.4 Å². The number of benzene rings is 3. The van der Waals surface area contributed by atoms with Crippen LogP contribution in [0.2, 0.25) is 0 Å². The van der Waals surface area contributed by atoms with Gasteiger partial charge >= 0.3 is 0 Å². The van der Waals surface area contributed by atoms with Crippen LogP contribution < -0.4 is 15.0 Å². The zero-order valence-corrected chi connectivity index (χ0v) is 18.2. The monoisotopic (exact) mass is 432 g/mol. The lowest BCUT2D eigenvalue weighted by atomic mass is 10.0. The zero-order chi connectivity index (χ0) is 21.6. The highest BCUT2D eigenvalue weighted by atomic mass is 32.2. The number of nitrogens with one attached hydrogen (secondary N) is 1. The summed E-state index contributed by atoms with van der Waals surface area (Å²) >= 11 is 1.48. The van der Waals surface area contributed by atoms with E-state index < -0.39 is 0 Å². The van der Waals surface area contributed by atoms with E-state index in [0.29, 0.717) is 22.8 Å². The van der Waals surface area contributed by atoms with Crippen molar-refractivity contribution in [1.82, 2.24) is 0 Å². The Morgan fingerprint density at radius 3 is 2.74 bits per heavy atom. The summed E-state index contributed by atoms with van der Waals surface area (Å²) in [5, 5.41) is 2.91.